The van der Waals surface area contributed by atoms with E-state index in [1.807, 2.05) is 17.5 Å². The maximum Gasteiger partial charge on any atom is 0.229 e. The van der Waals surface area contributed by atoms with Gasteiger partial charge in [0.05, 0.1) is 5.69 Å². The Kier molecular flexibility index (Phi) is 3.63. The van der Waals surface area contributed by atoms with Gasteiger partial charge in [0.25, 0.3) is 0 Å². The van der Waals surface area contributed by atoms with E-state index in [1.54, 1.807) is 12.4 Å². The van der Waals surface area contributed by atoms with Crippen molar-refractivity contribution in [3.05, 3.63) is 54.2 Å². The molecule has 3 aromatic rings. The van der Waals surface area contributed by atoms with Crippen LogP contribution in [0.1, 0.15) is 12.8 Å². The van der Waals surface area contributed by atoms with Crippen molar-refractivity contribution in [1.82, 2.24) is 9.97 Å². The van der Waals surface area contributed by atoms with Crippen LogP contribution in [-0.2, 0) is 4.79 Å². The summed E-state index contributed by atoms with van der Waals surface area (Å²) < 4.78 is 0. The molecule has 2 heterocycles. The predicted molar refractivity (Wildman–Crippen MR) is 92.1 cm³/mol. The molecule has 1 amide bonds. The summed E-state index contributed by atoms with van der Waals surface area (Å²) in [5, 5.41) is 5.54. The Labute approximate surface area is 138 Å². The second kappa shape index (κ2) is 5.93. The van der Waals surface area contributed by atoms with Crippen LogP contribution in [0.4, 0.5) is 5.13 Å². The average Bonchev–Trinajstić information content (AvgIpc) is 3.36. The van der Waals surface area contributed by atoms with Crippen LogP contribution in [0, 0.1) is 5.92 Å². The van der Waals surface area contributed by atoms with Gasteiger partial charge >= 0.3 is 0 Å². The molecule has 0 aliphatic heterocycles. The molecule has 1 aliphatic rings. The molecule has 1 aromatic carbocycles. The van der Waals surface area contributed by atoms with Crippen molar-refractivity contribution in [1.29, 1.82) is 0 Å². The Morgan fingerprint density at radius 2 is 1.65 bits per heavy atom. The van der Waals surface area contributed by atoms with Crippen molar-refractivity contribution < 1.29 is 4.79 Å². The summed E-state index contributed by atoms with van der Waals surface area (Å²) in [6.07, 6.45) is 5.58. The van der Waals surface area contributed by atoms with Crippen molar-refractivity contribution in [3.63, 3.8) is 0 Å². The molecule has 0 spiro atoms. The molecule has 4 rings (SSSR count). The molecule has 23 heavy (non-hydrogen) atoms. The van der Waals surface area contributed by atoms with E-state index < -0.39 is 0 Å². The molecule has 2 aromatic heterocycles. The minimum Gasteiger partial charge on any atom is -0.302 e. The average molecular weight is 321 g/mol. The summed E-state index contributed by atoms with van der Waals surface area (Å²) in [5.74, 6) is 0.293. The molecule has 4 nitrogen and oxygen atoms in total. The van der Waals surface area contributed by atoms with E-state index in [2.05, 4.69) is 39.6 Å². The van der Waals surface area contributed by atoms with Crippen LogP contribution in [0.2, 0.25) is 0 Å². The smallest absolute Gasteiger partial charge is 0.229 e. The van der Waals surface area contributed by atoms with Crippen molar-refractivity contribution in [2.75, 3.05) is 5.32 Å². The molecule has 1 fully saturated rings. The molecule has 0 saturated heterocycles. The number of rotatable bonds is 4. The molecule has 0 atom stereocenters. The highest BCUT2D eigenvalue weighted by Crippen LogP contribution is 2.32. The van der Waals surface area contributed by atoms with Crippen LogP contribution in [0.3, 0.4) is 0 Å². The number of hydrogen-bond donors (Lipinski definition) is 1. The van der Waals surface area contributed by atoms with Gasteiger partial charge in [0, 0.05) is 29.3 Å². The zero-order valence-corrected chi connectivity index (χ0v) is 13.2. The number of thiazole rings is 1. The van der Waals surface area contributed by atoms with E-state index in [0.717, 1.165) is 35.2 Å². The molecule has 5 heteroatoms. The van der Waals surface area contributed by atoms with E-state index in [4.69, 9.17) is 0 Å². The largest absolute Gasteiger partial charge is 0.302 e. The number of nitrogens with one attached hydrogen (secondary N) is 1. The summed E-state index contributed by atoms with van der Waals surface area (Å²) in [6.45, 7) is 0. The van der Waals surface area contributed by atoms with Crippen LogP contribution in [0.25, 0.3) is 22.4 Å². The molecule has 0 radical (unpaired) electrons. The Bertz CT molecular complexity index is 823. The number of nitrogens with zero attached hydrogens (tertiary/aromatic N) is 2. The van der Waals surface area contributed by atoms with Gasteiger partial charge in [-0.25, -0.2) is 4.98 Å². The number of anilines is 1. The highest BCUT2D eigenvalue weighted by Gasteiger charge is 2.30. The molecule has 114 valence electrons. The van der Waals surface area contributed by atoms with Crippen LogP contribution < -0.4 is 5.32 Å². The minimum atomic E-state index is 0.0962. The number of hydrogen-bond acceptors (Lipinski definition) is 4. The summed E-state index contributed by atoms with van der Waals surface area (Å²) in [4.78, 5) is 20.3. The van der Waals surface area contributed by atoms with E-state index in [0.29, 0.717) is 5.13 Å². The lowest BCUT2D eigenvalue weighted by atomic mass is 10.0. The van der Waals surface area contributed by atoms with Gasteiger partial charge in [-0.2, -0.15) is 0 Å². The summed E-state index contributed by atoms with van der Waals surface area (Å²) in [6, 6.07) is 12.2. The third kappa shape index (κ3) is 3.14. The number of aromatic nitrogens is 2. The second-order valence-electron chi connectivity index (χ2n) is 5.61. The number of amides is 1. The standard InChI is InChI=1S/C18H15N3OS/c22-17(15-5-6-15)21-18-20-16(11-23-18)14-3-1-12(2-4-14)13-7-9-19-10-8-13/h1-4,7-11,15H,5-6H2,(H,20,21,22). The first-order valence-corrected chi connectivity index (χ1v) is 8.45. The Morgan fingerprint density at radius 3 is 2.35 bits per heavy atom. The van der Waals surface area contributed by atoms with E-state index in [-0.39, 0.29) is 11.8 Å². The number of pyridine rings is 1. The molecular formula is C18H15N3OS. The lowest BCUT2D eigenvalue weighted by molar-refractivity contribution is -0.117. The highest BCUT2D eigenvalue weighted by molar-refractivity contribution is 7.14. The van der Waals surface area contributed by atoms with Gasteiger partial charge in [0.2, 0.25) is 5.91 Å². The van der Waals surface area contributed by atoms with Gasteiger partial charge in [0.1, 0.15) is 0 Å². The van der Waals surface area contributed by atoms with Crippen molar-refractivity contribution in [2.45, 2.75) is 12.8 Å². The molecule has 1 N–H and O–H groups in total. The fourth-order valence-electron chi connectivity index (χ4n) is 2.39. The van der Waals surface area contributed by atoms with Crippen LogP contribution in [-0.4, -0.2) is 15.9 Å². The maximum absolute atomic E-state index is 11.8. The van der Waals surface area contributed by atoms with Gasteiger partial charge < -0.3 is 5.32 Å². The zero-order chi connectivity index (χ0) is 15.6. The predicted octanol–water partition coefficient (Wildman–Crippen LogP) is 4.22. The molecule has 0 bridgehead atoms. The topological polar surface area (TPSA) is 54.9 Å². The van der Waals surface area contributed by atoms with E-state index in [9.17, 15) is 4.79 Å². The highest BCUT2D eigenvalue weighted by atomic mass is 32.1. The molecule has 1 aliphatic carbocycles. The third-order valence-corrected chi connectivity index (χ3v) is 4.63. The molecule has 1 saturated carbocycles. The van der Waals surface area contributed by atoms with Crippen molar-refractivity contribution in [3.8, 4) is 22.4 Å². The van der Waals surface area contributed by atoms with Crippen molar-refractivity contribution >= 4 is 22.4 Å². The second-order valence-corrected chi connectivity index (χ2v) is 6.47. The van der Waals surface area contributed by atoms with E-state index in [1.165, 1.54) is 11.3 Å². The van der Waals surface area contributed by atoms with Gasteiger partial charge in [-0.1, -0.05) is 24.3 Å². The fraction of sp³-hybridized carbons (Fsp3) is 0.167. The van der Waals surface area contributed by atoms with Crippen molar-refractivity contribution in [2.24, 2.45) is 5.92 Å². The summed E-state index contributed by atoms with van der Waals surface area (Å²) in [7, 11) is 0. The monoisotopic (exact) mass is 321 g/mol. The number of benzene rings is 1. The zero-order valence-electron chi connectivity index (χ0n) is 12.4. The lowest BCUT2D eigenvalue weighted by Gasteiger charge is -2.02. The van der Waals surface area contributed by atoms with Crippen LogP contribution in [0.5, 0.6) is 0 Å². The lowest BCUT2D eigenvalue weighted by Crippen LogP contribution is -2.12. The normalized spacial score (nSPS) is 13.7. The fourth-order valence-corrected chi connectivity index (χ4v) is 3.12. The van der Waals surface area contributed by atoms with Gasteiger partial charge in [0.15, 0.2) is 5.13 Å². The first-order valence-electron chi connectivity index (χ1n) is 7.57. The Hall–Kier alpha value is -2.53. The van der Waals surface area contributed by atoms with Crippen LogP contribution >= 0.6 is 11.3 Å². The Balaban J connectivity index is 1.52. The van der Waals surface area contributed by atoms with Gasteiger partial charge in [-0.05, 0) is 36.1 Å². The first kappa shape index (κ1) is 14.1. The molecular weight excluding hydrogens is 306 g/mol. The maximum atomic E-state index is 11.8. The number of carbonyl (C=O) groups is 1. The van der Waals surface area contributed by atoms with Crippen LogP contribution in [0.15, 0.2) is 54.2 Å². The van der Waals surface area contributed by atoms with Gasteiger partial charge in [-0.15, -0.1) is 11.3 Å². The SMILES string of the molecule is O=C(Nc1nc(-c2ccc(-c3ccncc3)cc2)cs1)C1CC1. The first-order chi connectivity index (χ1) is 11.3. The minimum absolute atomic E-state index is 0.0962. The molecule has 0 unspecified atom stereocenters. The quantitative estimate of drug-likeness (QED) is 0.782. The summed E-state index contributed by atoms with van der Waals surface area (Å²) in [5.41, 5.74) is 4.23. The summed E-state index contributed by atoms with van der Waals surface area (Å²) >= 11 is 1.47. The van der Waals surface area contributed by atoms with E-state index >= 15 is 0 Å². The van der Waals surface area contributed by atoms with Gasteiger partial charge in [-0.3, -0.25) is 9.78 Å². The number of carbonyl (C=O) groups excluding carboxylic acids is 1. The Morgan fingerprint density at radius 1 is 1.00 bits per heavy atom. The third-order valence-electron chi connectivity index (χ3n) is 3.88.